The average Bonchev–Trinajstić information content (AvgIpc) is 3.26. The van der Waals surface area contributed by atoms with Gasteiger partial charge in [-0.15, -0.1) is 0 Å². The lowest BCUT2D eigenvalue weighted by Gasteiger charge is -2.21. The molecule has 3 aromatic heterocycles. The molecule has 1 unspecified atom stereocenters. The number of pyridine rings is 2. The van der Waals surface area contributed by atoms with Crippen LogP contribution in [0.2, 0.25) is 0 Å². The van der Waals surface area contributed by atoms with Gasteiger partial charge in [0.05, 0.1) is 24.0 Å². The van der Waals surface area contributed by atoms with Crippen LogP contribution in [0.1, 0.15) is 23.2 Å². The lowest BCUT2D eigenvalue weighted by atomic mass is 9.93. The lowest BCUT2D eigenvalue weighted by Crippen LogP contribution is -2.37. The molecule has 0 saturated carbocycles. The van der Waals surface area contributed by atoms with Gasteiger partial charge in [0.1, 0.15) is 5.52 Å². The van der Waals surface area contributed by atoms with Crippen molar-refractivity contribution in [2.45, 2.75) is 25.3 Å². The maximum atomic E-state index is 12.4. The molecule has 1 N–H and O–H groups in total. The number of benzene rings is 1. The number of rotatable bonds is 5. The van der Waals surface area contributed by atoms with Crippen molar-refractivity contribution in [3.63, 3.8) is 0 Å². The van der Waals surface area contributed by atoms with E-state index in [9.17, 15) is 4.79 Å². The zero-order valence-corrected chi connectivity index (χ0v) is 17.7. The average molecular weight is 425 g/mol. The Bertz CT molecular complexity index is 1300. The van der Waals surface area contributed by atoms with E-state index >= 15 is 0 Å². The van der Waals surface area contributed by atoms with E-state index in [0.29, 0.717) is 5.88 Å². The van der Waals surface area contributed by atoms with Gasteiger partial charge in [0.2, 0.25) is 11.8 Å². The van der Waals surface area contributed by atoms with Crippen molar-refractivity contribution in [2.75, 3.05) is 7.11 Å². The number of hydrogen-bond donors (Lipinski definition) is 1. The highest BCUT2D eigenvalue weighted by molar-refractivity contribution is 5.92. The van der Waals surface area contributed by atoms with Crippen LogP contribution in [0.15, 0.2) is 67.0 Å². The van der Waals surface area contributed by atoms with E-state index in [-0.39, 0.29) is 11.9 Å². The van der Waals surface area contributed by atoms with E-state index < -0.39 is 0 Å². The van der Waals surface area contributed by atoms with Crippen LogP contribution in [0, 0.1) is 0 Å². The van der Waals surface area contributed by atoms with Crippen molar-refractivity contribution < 1.29 is 9.53 Å². The summed E-state index contributed by atoms with van der Waals surface area (Å²) in [5.74, 6) is 0.459. The number of aromatic nitrogens is 4. The van der Waals surface area contributed by atoms with Gasteiger partial charge in [-0.1, -0.05) is 30.3 Å². The molecule has 0 saturated heterocycles. The first-order chi connectivity index (χ1) is 15.7. The Balaban J connectivity index is 1.33. The molecule has 1 aliphatic carbocycles. The number of carbonyl (C=O) groups is 1. The molecule has 0 fully saturated rings. The highest BCUT2D eigenvalue weighted by Gasteiger charge is 2.23. The van der Waals surface area contributed by atoms with Crippen molar-refractivity contribution in [3.8, 4) is 11.6 Å². The topological polar surface area (TPSA) is 81.9 Å². The molecule has 5 rings (SSSR count). The number of fused-ring (bicyclic) bond motifs is 2. The van der Waals surface area contributed by atoms with Gasteiger partial charge in [0.25, 0.3) is 0 Å². The van der Waals surface area contributed by atoms with Crippen molar-refractivity contribution in [2.24, 2.45) is 0 Å². The third-order valence-corrected chi connectivity index (χ3v) is 5.64. The summed E-state index contributed by atoms with van der Waals surface area (Å²) in [6, 6.07) is 15.5. The minimum absolute atomic E-state index is 0.0777. The first kappa shape index (κ1) is 19.9. The lowest BCUT2D eigenvalue weighted by molar-refractivity contribution is -0.117. The van der Waals surface area contributed by atoms with Crippen LogP contribution in [0.4, 0.5) is 0 Å². The molecule has 1 aliphatic rings. The molecule has 7 heteroatoms. The number of aryl methyl sites for hydroxylation is 1. The van der Waals surface area contributed by atoms with E-state index in [1.807, 2.05) is 59.4 Å². The Labute approximate surface area is 185 Å². The fourth-order valence-electron chi connectivity index (χ4n) is 4.03. The molecule has 4 aromatic rings. The Morgan fingerprint density at radius 3 is 2.91 bits per heavy atom. The van der Waals surface area contributed by atoms with Gasteiger partial charge >= 0.3 is 0 Å². The molecule has 0 spiro atoms. The second-order valence-electron chi connectivity index (χ2n) is 7.79. The Kier molecular flexibility index (Phi) is 5.37. The van der Waals surface area contributed by atoms with Crippen LogP contribution >= 0.6 is 0 Å². The molecular formula is C25H23N5O2. The van der Waals surface area contributed by atoms with Crippen LogP contribution in [0.5, 0.6) is 5.88 Å². The smallest absolute Gasteiger partial charge is 0.244 e. The number of nitrogens with zero attached hydrogens (tertiary/aromatic N) is 4. The number of nitrogens with one attached hydrogen (secondary N) is 1. The first-order valence-electron chi connectivity index (χ1n) is 10.6. The maximum Gasteiger partial charge on any atom is 0.244 e. The molecular weight excluding hydrogens is 402 g/mol. The van der Waals surface area contributed by atoms with Gasteiger partial charge in [-0.2, -0.15) is 5.10 Å². The molecule has 0 radical (unpaired) electrons. The summed E-state index contributed by atoms with van der Waals surface area (Å²) in [4.78, 5) is 21.3. The summed E-state index contributed by atoms with van der Waals surface area (Å²) in [5, 5.41) is 7.92. The zero-order valence-electron chi connectivity index (χ0n) is 17.7. The minimum Gasteiger partial charge on any atom is -0.481 e. The highest BCUT2D eigenvalue weighted by Crippen LogP contribution is 2.25. The predicted octanol–water partition coefficient (Wildman–Crippen LogP) is 3.51. The standard InChI is InChI=1S/C25H23N5O2/c1-32-24-12-10-21-25(28-24)22(13-14-26-21)30-16-18-15-19(8-9-20(18)29-30)27-23(31)11-7-17-5-3-2-4-6-17/h2-7,10-14,16,19H,8-9,15H2,1H3,(H,27,31)/b11-7+. The van der Waals surface area contributed by atoms with Crippen LogP contribution in [0.3, 0.4) is 0 Å². The Morgan fingerprint density at radius 2 is 2.06 bits per heavy atom. The van der Waals surface area contributed by atoms with Gasteiger partial charge in [-0.05, 0) is 48.6 Å². The summed E-state index contributed by atoms with van der Waals surface area (Å²) in [6.07, 6.45) is 9.64. The molecule has 0 aliphatic heterocycles. The van der Waals surface area contributed by atoms with Crippen LogP contribution in [-0.4, -0.2) is 38.8 Å². The normalized spacial score (nSPS) is 15.6. The van der Waals surface area contributed by atoms with Crippen molar-refractivity contribution >= 4 is 23.0 Å². The molecule has 3 heterocycles. The second-order valence-corrected chi connectivity index (χ2v) is 7.79. The largest absolute Gasteiger partial charge is 0.481 e. The summed E-state index contributed by atoms with van der Waals surface area (Å²) >= 11 is 0. The highest BCUT2D eigenvalue weighted by atomic mass is 16.5. The quantitative estimate of drug-likeness (QED) is 0.495. The second kappa shape index (κ2) is 8.63. The fraction of sp³-hybridized carbons (Fsp3) is 0.200. The van der Waals surface area contributed by atoms with Gasteiger partial charge in [-0.25, -0.2) is 9.67 Å². The number of ether oxygens (including phenoxy) is 1. The van der Waals surface area contributed by atoms with E-state index in [1.54, 1.807) is 25.4 Å². The van der Waals surface area contributed by atoms with E-state index in [0.717, 1.165) is 52.8 Å². The number of carbonyl (C=O) groups excluding carboxylic acids is 1. The maximum absolute atomic E-state index is 12.4. The predicted molar refractivity (Wildman–Crippen MR) is 123 cm³/mol. The van der Waals surface area contributed by atoms with Crippen LogP contribution < -0.4 is 10.1 Å². The number of amides is 1. The first-order valence-corrected chi connectivity index (χ1v) is 10.6. The fourth-order valence-corrected chi connectivity index (χ4v) is 4.03. The molecule has 1 amide bonds. The van der Waals surface area contributed by atoms with Gasteiger partial charge in [0, 0.05) is 30.6 Å². The molecule has 0 bridgehead atoms. The molecule has 32 heavy (non-hydrogen) atoms. The summed E-state index contributed by atoms with van der Waals surface area (Å²) < 4.78 is 7.14. The Morgan fingerprint density at radius 1 is 1.19 bits per heavy atom. The van der Waals surface area contributed by atoms with E-state index in [2.05, 4.69) is 15.3 Å². The number of methoxy groups -OCH3 is 1. The van der Waals surface area contributed by atoms with Crippen molar-refractivity contribution in [1.82, 2.24) is 25.1 Å². The molecule has 160 valence electrons. The molecule has 1 atom stereocenters. The summed E-state index contributed by atoms with van der Waals surface area (Å²) in [5.41, 5.74) is 5.58. The van der Waals surface area contributed by atoms with Crippen LogP contribution in [-0.2, 0) is 17.6 Å². The van der Waals surface area contributed by atoms with Crippen LogP contribution in [0.25, 0.3) is 22.8 Å². The van der Waals surface area contributed by atoms with Gasteiger partial charge in [0.15, 0.2) is 0 Å². The third-order valence-electron chi connectivity index (χ3n) is 5.64. The number of hydrogen-bond acceptors (Lipinski definition) is 5. The van der Waals surface area contributed by atoms with E-state index in [1.165, 1.54) is 0 Å². The Hall–Kier alpha value is -4.00. The van der Waals surface area contributed by atoms with Crippen molar-refractivity contribution in [1.29, 1.82) is 0 Å². The summed E-state index contributed by atoms with van der Waals surface area (Å²) in [6.45, 7) is 0. The van der Waals surface area contributed by atoms with E-state index in [4.69, 9.17) is 9.84 Å². The minimum atomic E-state index is -0.0777. The monoisotopic (exact) mass is 425 g/mol. The zero-order chi connectivity index (χ0) is 21.9. The summed E-state index contributed by atoms with van der Waals surface area (Å²) in [7, 11) is 1.60. The SMILES string of the molecule is COc1ccc2nccc(-n3cc4c(n3)CCC(NC(=O)/C=C/c3ccccc3)C4)c2n1. The molecule has 1 aromatic carbocycles. The third kappa shape index (κ3) is 4.09. The van der Waals surface area contributed by atoms with Gasteiger partial charge < -0.3 is 10.1 Å². The van der Waals surface area contributed by atoms with Crippen molar-refractivity contribution in [3.05, 3.63) is 83.8 Å². The van der Waals surface area contributed by atoms with Gasteiger partial charge in [-0.3, -0.25) is 9.78 Å². The molecule has 7 nitrogen and oxygen atoms in total.